The Balaban J connectivity index is 1.49. The van der Waals surface area contributed by atoms with E-state index >= 15 is 0 Å². The number of nitrogens with zero attached hydrogens (tertiary/aromatic N) is 6. The fourth-order valence-electron chi connectivity index (χ4n) is 6.65. The van der Waals surface area contributed by atoms with Crippen LogP contribution in [0.15, 0.2) is 11.1 Å². The van der Waals surface area contributed by atoms with E-state index in [1.165, 1.54) is 11.3 Å². The highest BCUT2D eigenvalue weighted by Gasteiger charge is 2.43. The van der Waals surface area contributed by atoms with Crippen molar-refractivity contribution < 1.29 is 9.53 Å². The highest BCUT2D eigenvalue weighted by atomic mass is 32.1. The zero-order valence-corrected chi connectivity index (χ0v) is 25.4. The van der Waals surface area contributed by atoms with Crippen LogP contribution in [-0.2, 0) is 16.6 Å². The van der Waals surface area contributed by atoms with E-state index in [0.29, 0.717) is 34.1 Å². The van der Waals surface area contributed by atoms with Crippen LogP contribution in [0.1, 0.15) is 75.1 Å². The maximum absolute atomic E-state index is 13.8. The van der Waals surface area contributed by atoms with E-state index in [9.17, 15) is 10.1 Å². The summed E-state index contributed by atoms with van der Waals surface area (Å²) in [6.07, 6.45) is 4.21. The van der Waals surface area contributed by atoms with E-state index in [1.54, 1.807) is 6.07 Å². The van der Waals surface area contributed by atoms with Gasteiger partial charge in [-0.05, 0) is 73.4 Å². The number of nitrogens with two attached hydrogens (primary N) is 2. The molecule has 41 heavy (non-hydrogen) atoms. The number of hydrogen-bond acceptors (Lipinski definition) is 10. The number of likely N-dealkylation sites (tertiary alicyclic amines) is 1. The molecule has 0 aromatic carbocycles. The van der Waals surface area contributed by atoms with Crippen molar-refractivity contribution in [2.75, 3.05) is 37.3 Å². The number of nitrogens with one attached hydrogen (secondary N) is 1. The van der Waals surface area contributed by atoms with E-state index < -0.39 is 11.3 Å². The van der Waals surface area contributed by atoms with Gasteiger partial charge in [0.2, 0.25) is 0 Å². The third-order valence-corrected chi connectivity index (χ3v) is 9.77. The fraction of sp³-hybridized carbons (Fsp3) is 0.621. The molecule has 5 rings (SSSR count). The van der Waals surface area contributed by atoms with Crippen molar-refractivity contribution in [2.45, 2.75) is 89.4 Å². The van der Waals surface area contributed by atoms with E-state index in [0.717, 1.165) is 50.2 Å². The molecule has 0 spiro atoms. The number of likely N-dealkylation sites (N-methyl/N-ethyl adjacent to an activating group) is 1. The monoisotopic (exact) mass is 579 g/mol. The van der Waals surface area contributed by atoms with Crippen LogP contribution in [0.5, 0.6) is 6.01 Å². The number of fused-ring (bicyclic) bond motifs is 1. The molecule has 12 heteroatoms. The number of ether oxygens (including phenoxy) is 1. The highest BCUT2D eigenvalue weighted by molar-refractivity contribution is 7.16. The maximum atomic E-state index is 13.8. The van der Waals surface area contributed by atoms with Crippen molar-refractivity contribution in [3.8, 4) is 12.1 Å². The minimum atomic E-state index is -0.989. The van der Waals surface area contributed by atoms with Crippen LogP contribution in [0, 0.1) is 11.3 Å². The Bertz CT molecular complexity index is 1370. The van der Waals surface area contributed by atoms with Gasteiger partial charge in [0.25, 0.3) is 5.91 Å². The molecular weight excluding hydrogens is 538 g/mol. The lowest BCUT2D eigenvalue weighted by atomic mass is 9.72. The fourth-order valence-corrected chi connectivity index (χ4v) is 7.84. The molecule has 2 saturated heterocycles. The van der Waals surface area contributed by atoms with Crippen LogP contribution in [0.3, 0.4) is 0 Å². The standard InChI is InChI=1S/C29H41N9O2S/c1-16-14-38(15-17(2)33-16)23-12-20(34-28(35-23)40-18(3)21-8-7-11-37(21)5)25(31)36-27(39)29(4)10-6-9-22-24(29)19(13-30)26(32)41-22/h12,16-18,21,33H,6-11,14-15,32H2,1-5H3,(H2,31,36,39)/t16-,17-,18-,21-,29-/m0/s1. The first-order valence-electron chi connectivity index (χ1n) is 14.5. The summed E-state index contributed by atoms with van der Waals surface area (Å²) in [6.45, 7) is 10.7. The molecule has 220 valence electrons. The smallest absolute Gasteiger partial charge is 0.319 e. The normalized spacial score (nSPS) is 27.8. The molecule has 11 nitrogen and oxygen atoms in total. The first-order chi connectivity index (χ1) is 19.5. The van der Waals surface area contributed by atoms with Crippen molar-refractivity contribution in [3.05, 3.63) is 27.8 Å². The topological polar surface area (TPSA) is 159 Å². The number of amides is 1. The minimum Gasteiger partial charge on any atom is -0.459 e. The largest absolute Gasteiger partial charge is 0.459 e. The summed E-state index contributed by atoms with van der Waals surface area (Å²) in [5, 5.41) is 13.8. The summed E-state index contributed by atoms with van der Waals surface area (Å²) in [7, 11) is 2.11. The summed E-state index contributed by atoms with van der Waals surface area (Å²) in [6, 6.07) is 5.02. The van der Waals surface area contributed by atoms with Gasteiger partial charge in [-0.3, -0.25) is 9.69 Å². The van der Waals surface area contributed by atoms with Crippen LogP contribution in [0.25, 0.3) is 0 Å². The van der Waals surface area contributed by atoms with Gasteiger partial charge < -0.3 is 26.4 Å². The molecule has 4 heterocycles. The van der Waals surface area contributed by atoms with Gasteiger partial charge in [-0.25, -0.2) is 0 Å². The second-order valence-electron chi connectivity index (χ2n) is 12.0. The van der Waals surface area contributed by atoms with Crippen LogP contribution in [-0.4, -0.2) is 77.5 Å². The van der Waals surface area contributed by atoms with Crippen LogP contribution >= 0.6 is 11.3 Å². The molecule has 2 fully saturated rings. The minimum absolute atomic E-state index is 0.000395. The number of aromatic nitrogens is 2. The number of amidine groups is 1. The number of piperazine rings is 1. The molecular formula is C29H41N9O2S. The number of nitriles is 1. The lowest BCUT2D eigenvalue weighted by molar-refractivity contribution is -0.123. The van der Waals surface area contributed by atoms with Crippen LogP contribution in [0.4, 0.5) is 10.8 Å². The molecule has 1 aliphatic carbocycles. The first kappa shape index (κ1) is 29.2. The summed E-state index contributed by atoms with van der Waals surface area (Å²) in [5.74, 6) is 0.282. The molecule has 1 amide bonds. The Morgan fingerprint density at radius 2 is 2.05 bits per heavy atom. The summed E-state index contributed by atoms with van der Waals surface area (Å²) in [4.78, 5) is 33.0. The van der Waals surface area contributed by atoms with Gasteiger partial charge >= 0.3 is 6.01 Å². The molecule has 0 unspecified atom stereocenters. The third-order valence-electron chi connectivity index (χ3n) is 8.69. The zero-order valence-electron chi connectivity index (χ0n) is 24.6. The van der Waals surface area contributed by atoms with Crippen LogP contribution in [0.2, 0.25) is 0 Å². The maximum Gasteiger partial charge on any atom is 0.319 e. The van der Waals surface area contributed by atoms with Gasteiger partial charge in [0, 0.05) is 47.7 Å². The summed E-state index contributed by atoms with van der Waals surface area (Å²) >= 11 is 1.38. The second-order valence-corrected chi connectivity index (χ2v) is 13.2. The number of anilines is 2. The zero-order chi connectivity index (χ0) is 29.5. The SMILES string of the molecule is C[C@H](Oc1nc(C(N)=NC(=O)[C@@]2(C)CCCc3sc(N)c(C#N)c32)cc(N2C[C@H](C)N[C@@H](C)C2)n1)[C@@H]1CCCN1C. The molecule has 5 N–H and O–H groups in total. The predicted molar refractivity (Wildman–Crippen MR) is 162 cm³/mol. The molecule has 5 atom stereocenters. The number of rotatable bonds is 6. The number of hydrogen-bond donors (Lipinski definition) is 3. The Morgan fingerprint density at radius 3 is 2.71 bits per heavy atom. The molecule has 0 saturated carbocycles. The number of nitrogen functional groups attached to an aromatic ring is 1. The van der Waals surface area contributed by atoms with Gasteiger partial charge in [0.15, 0.2) is 5.84 Å². The van der Waals surface area contributed by atoms with E-state index in [1.807, 2.05) is 13.8 Å². The quantitative estimate of drug-likeness (QED) is 0.343. The Kier molecular flexibility index (Phi) is 8.23. The van der Waals surface area contributed by atoms with Crippen molar-refractivity contribution >= 4 is 33.9 Å². The average Bonchev–Trinajstić information content (AvgIpc) is 3.50. The molecule has 0 radical (unpaired) electrons. The lowest BCUT2D eigenvalue weighted by Gasteiger charge is -2.37. The van der Waals surface area contributed by atoms with Gasteiger partial charge in [0.05, 0.1) is 11.0 Å². The predicted octanol–water partition coefficient (Wildman–Crippen LogP) is 2.57. The van der Waals surface area contributed by atoms with E-state index in [-0.39, 0.29) is 36.1 Å². The Morgan fingerprint density at radius 1 is 1.32 bits per heavy atom. The van der Waals surface area contributed by atoms with Gasteiger partial charge in [0.1, 0.15) is 28.7 Å². The molecule has 0 bridgehead atoms. The number of thiophene rings is 1. The van der Waals surface area contributed by atoms with Gasteiger partial charge in [-0.15, -0.1) is 11.3 Å². The molecule has 2 aromatic rings. The van der Waals surface area contributed by atoms with Crippen molar-refractivity contribution in [1.82, 2.24) is 20.2 Å². The van der Waals surface area contributed by atoms with Crippen molar-refractivity contribution in [3.63, 3.8) is 0 Å². The third kappa shape index (κ3) is 5.76. The molecule has 2 aliphatic heterocycles. The Labute approximate surface area is 246 Å². The van der Waals surface area contributed by atoms with Crippen LogP contribution < -0.4 is 26.4 Å². The second kappa shape index (κ2) is 11.5. The molecule has 2 aromatic heterocycles. The summed E-state index contributed by atoms with van der Waals surface area (Å²) < 4.78 is 6.32. The summed E-state index contributed by atoms with van der Waals surface area (Å²) in [5.41, 5.74) is 13.1. The van der Waals surface area contributed by atoms with Gasteiger partial charge in [-0.2, -0.15) is 20.2 Å². The van der Waals surface area contributed by atoms with E-state index in [2.05, 4.69) is 52.1 Å². The van der Waals surface area contributed by atoms with Crippen molar-refractivity contribution in [2.24, 2.45) is 10.7 Å². The lowest BCUT2D eigenvalue weighted by Crippen LogP contribution is -2.54. The number of aryl methyl sites for hydroxylation is 1. The number of carbonyl (C=O) groups excluding carboxylic acids is 1. The first-order valence-corrected chi connectivity index (χ1v) is 15.3. The molecule has 3 aliphatic rings. The highest BCUT2D eigenvalue weighted by Crippen LogP contribution is 2.46. The van der Waals surface area contributed by atoms with Gasteiger partial charge in [-0.1, -0.05) is 0 Å². The van der Waals surface area contributed by atoms with Crippen molar-refractivity contribution in [1.29, 1.82) is 5.26 Å². The number of carbonyl (C=O) groups is 1. The van der Waals surface area contributed by atoms with E-state index in [4.69, 9.17) is 21.2 Å². The Hall–Kier alpha value is -3.27. The number of aliphatic imine (C=N–C) groups is 1. The average molecular weight is 580 g/mol.